The summed E-state index contributed by atoms with van der Waals surface area (Å²) in [5, 5.41) is 2.47. The van der Waals surface area contributed by atoms with Gasteiger partial charge >= 0.3 is 0 Å². The van der Waals surface area contributed by atoms with E-state index < -0.39 is 15.8 Å². The van der Waals surface area contributed by atoms with E-state index >= 15 is 0 Å². The van der Waals surface area contributed by atoms with E-state index in [-0.39, 0.29) is 21.5 Å². The maximum Gasteiger partial charge on any atom is 0.257 e. The van der Waals surface area contributed by atoms with Crippen molar-refractivity contribution in [2.24, 2.45) is 0 Å². The van der Waals surface area contributed by atoms with Crippen LogP contribution in [0.1, 0.15) is 6.92 Å². The van der Waals surface area contributed by atoms with E-state index in [9.17, 15) is 17.6 Å². The Hall–Kier alpha value is -2.16. The predicted octanol–water partition coefficient (Wildman–Crippen LogP) is 2.74. The Kier molecular flexibility index (Phi) is 5.19. The molecule has 6 nitrogen and oxygen atoms in total. The summed E-state index contributed by atoms with van der Waals surface area (Å²) in [5.74, 6) is -0.930. The minimum absolute atomic E-state index is 0.0199. The number of amides is 1. The van der Waals surface area contributed by atoms with Gasteiger partial charge in [-0.1, -0.05) is 11.6 Å². The molecular formula is C14H13ClFN3O3S. The van der Waals surface area contributed by atoms with Crippen molar-refractivity contribution in [1.82, 2.24) is 4.83 Å². The lowest BCUT2D eigenvalue weighted by Crippen LogP contribution is -2.29. The van der Waals surface area contributed by atoms with Crippen LogP contribution in [-0.2, 0) is 14.8 Å². The maximum atomic E-state index is 13.3. The third kappa shape index (κ3) is 4.65. The molecule has 0 bridgehead atoms. The van der Waals surface area contributed by atoms with Crippen LogP contribution in [0.15, 0.2) is 47.4 Å². The van der Waals surface area contributed by atoms with Gasteiger partial charge in [-0.15, -0.1) is 4.83 Å². The summed E-state index contributed by atoms with van der Waals surface area (Å²) in [6.45, 7) is 1.35. The SMILES string of the molecule is CC(=O)Nc1ccc(S(=O)(=O)NNc2ccc(Cl)c(F)c2)cc1. The normalized spacial score (nSPS) is 11.1. The zero-order valence-electron chi connectivity index (χ0n) is 11.9. The third-order valence-electron chi connectivity index (χ3n) is 2.73. The lowest BCUT2D eigenvalue weighted by Gasteiger charge is -2.10. The topological polar surface area (TPSA) is 87.3 Å². The lowest BCUT2D eigenvalue weighted by atomic mass is 10.3. The van der Waals surface area contributed by atoms with Crippen molar-refractivity contribution in [1.29, 1.82) is 0 Å². The lowest BCUT2D eigenvalue weighted by molar-refractivity contribution is -0.114. The average molecular weight is 358 g/mol. The Labute approximate surface area is 137 Å². The van der Waals surface area contributed by atoms with Crippen molar-refractivity contribution >= 4 is 38.9 Å². The molecule has 0 fully saturated rings. The van der Waals surface area contributed by atoms with E-state index in [0.29, 0.717) is 5.69 Å². The van der Waals surface area contributed by atoms with Gasteiger partial charge in [0.1, 0.15) is 5.82 Å². The first kappa shape index (κ1) is 17.2. The van der Waals surface area contributed by atoms with E-state index in [1.165, 1.54) is 43.3 Å². The summed E-state index contributed by atoms with van der Waals surface area (Å²) in [6.07, 6.45) is 0. The highest BCUT2D eigenvalue weighted by Gasteiger charge is 2.14. The molecule has 0 saturated carbocycles. The molecule has 2 rings (SSSR count). The average Bonchev–Trinajstić information content (AvgIpc) is 2.48. The number of carbonyl (C=O) groups is 1. The molecule has 0 aromatic heterocycles. The molecule has 0 aliphatic rings. The van der Waals surface area contributed by atoms with Crippen LogP contribution in [0.25, 0.3) is 0 Å². The summed E-state index contributed by atoms with van der Waals surface area (Å²) in [5.41, 5.74) is 3.07. The Bertz CT molecular complexity index is 826. The highest BCUT2D eigenvalue weighted by atomic mass is 35.5. The van der Waals surface area contributed by atoms with Crippen molar-refractivity contribution in [3.8, 4) is 0 Å². The van der Waals surface area contributed by atoms with E-state index in [0.717, 1.165) is 6.07 Å². The van der Waals surface area contributed by atoms with Crippen LogP contribution in [0.2, 0.25) is 5.02 Å². The molecule has 1 amide bonds. The number of hydrogen-bond donors (Lipinski definition) is 3. The van der Waals surface area contributed by atoms with E-state index in [1.54, 1.807) is 0 Å². The van der Waals surface area contributed by atoms with E-state index in [4.69, 9.17) is 11.6 Å². The summed E-state index contributed by atoms with van der Waals surface area (Å²) < 4.78 is 37.5. The van der Waals surface area contributed by atoms with Crippen LogP contribution in [0.5, 0.6) is 0 Å². The zero-order valence-corrected chi connectivity index (χ0v) is 13.5. The highest BCUT2D eigenvalue weighted by Crippen LogP contribution is 2.19. The Morgan fingerprint density at radius 2 is 1.70 bits per heavy atom. The minimum atomic E-state index is -3.86. The summed E-state index contributed by atoms with van der Waals surface area (Å²) >= 11 is 5.55. The van der Waals surface area contributed by atoms with Gasteiger partial charge in [0, 0.05) is 12.6 Å². The second-order valence-corrected chi connectivity index (χ2v) is 6.65. The highest BCUT2D eigenvalue weighted by molar-refractivity contribution is 7.89. The number of rotatable bonds is 5. The van der Waals surface area contributed by atoms with Crippen LogP contribution in [0, 0.1) is 5.82 Å². The van der Waals surface area contributed by atoms with Crippen molar-refractivity contribution in [3.05, 3.63) is 53.3 Å². The van der Waals surface area contributed by atoms with Gasteiger partial charge in [0.05, 0.1) is 15.6 Å². The van der Waals surface area contributed by atoms with Gasteiger partial charge in [0.15, 0.2) is 0 Å². The molecule has 0 radical (unpaired) electrons. The maximum absolute atomic E-state index is 13.3. The molecule has 0 aliphatic heterocycles. The third-order valence-corrected chi connectivity index (χ3v) is 4.30. The predicted molar refractivity (Wildman–Crippen MR) is 86.1 cm³/mol. The quantitative estimate of drug-likeness (QED) is 0.718. The number of sulfonamides is 1. The van der Waals surface area contributed by atoms with Gasteiger partial charge < -0.3 is 10.7 Å². The Balaban J connectivity index is 2.09. The number of carbonyl (C=O) groups excluding carboxylic acids is 1. The number of anilines is 2. The fourth-order valence-electron chi connectivity index (χ4n) is 1.68. The molecule has 3 N–H and O–H groups in total. The molecular weight excluding hydrogens is 345 g/mol. The van der Waals surface area contributed by atoms with Crippen molar-refractivity contribution < 1.29 is 17.6 Å². The molecule has 0 aliphatic carbocycles. The van der Waals surface area contributed by atoms with Gasteiger partial charge in [-0.05, 0) is 42.5 Å². The summed E-state index contributed by atoms with van der Waals surface area (Å²) in [6, 6.07) is 9.36. The molecule has 0 heterocycles. The molecule has 0 spiro atoms. The molecule has 23 heavy (non-hydrogen) atoms. The molecule has 2 aromatic rings. The second kappa shape index (κ2) is 6.95. The van der Waals surface area contributed by atoms with Gasteiger partial charge in [-0.3, -0.25) is 4.79 Å². The first-order valence-electron chi connectivity index (χ1n) is 6.38. The molecule has 0 unspecified atom stereocenters. The Morgan fingerprint density at radius 3 is 2.26 bits per heavy atom. The van der Waals surface area contributed by atoms with Crippen LogP contribution in [-0.4, -0.2) is 14.3 Å². The van der Waals surface area contributed by atoms with Crippen LogP contribution in [0.4, 0.5) is 15.8 Å². The second-order valence-electron chi connectivity index (χ2n) is 4.56. The molecule has 0 saturated heterocycles. The summed E-state index contributed by atoms with van der Waals surface area (Å²) in [7, 11) is -3.86. The largest absolute Gasteiger partial charge is 0.326 e. The van der Waals surface area contributed by atoms with Gasteiger partial charge in [-0.25, -0.2) is 12.8 Å². The zero-order chi connectivity index (χ0) is 17.0. The first-order valence-corrected chi connectivity index (χ1v) is 8.24. The van der Waals surface area contributed by atoms with Gasteiger partial charge in [0.25, 0.3) is 10.0 Å². The monoisotopic (exact) mass is 357 g/mol. The molecule has 122 valence electrons. The number of halogens is 2. The Morgan fingerprint density at radius 1 is 1.09 bits per heavy atom. The smallest absolute Gasteiger partial charge is 0.257 e. The van der Waals surface area contributed by atoms with Gasteiger partial charge in [0.2, 0.25) is 5.91 Å². The number of nitrogens with one attached hydrogen (secondary N) is 3. The number of hydrogen-bond acceptors (Lipinski definition) is 4. The van der Waals surface area contributed by atoms with Crippen molar-refractivity contribution in [3.63, 3.8) is 0 Å². The minimum Gasteiger partial charge on any atom is -0.326 e. The van der Waals surface area contributed by atoms with Crippen LogP contribution >= 0.6 is 11.6 Å². The van der Waals surface area contributed by atoms with Crippen molar-refractivity contribution in [2.75, 3.05) is 10.7 Å². The van der Waals surface area contributed by atoms with E-state index in [1.807, 2.05) is 0 Å². The number of benzene rings is 2. The standard InChI is InChI=1S/C14H13ClFN3O3S/c1-9(20)17-10-2-5-12(6-3-10)23(21,22)19-18-11-4-7-13(15)14(16)8-11/h2-8,18-19H,1H3,(H,17,20). The molecule has 0 atom stereocenters. The summed E-state index contributed by atoms with van der Waals surface area (Å²) in [4.78, 5) is 13.0. The van der Waals surface area contributed by atoms with Crippen molar-refractivity contribution in [2.45, 2.75) is 11.8 Å². The fraction of sp³-hybridized carbons (Fsp3) is 0.0714. The van der Waals surface area contributed by atoms with Gasteiger partial charge in [-0.2, -0.15) is 0 Å². The van der Waals surface area contributed by atoms with Crippen LogP contribution < -0.4 is 15.6 Å². The molecule has 2 aromatic carbocycles. The van der Waals surface area contributed by atoms with E-state index in [2.05, 4.69) is 15.6 Å². The van der Waals surface area contributed by atoms with Crippen LogP contribution in [0.3, 0.4) is 0 Å². The number of hydrazine groups is 1. The fourth-order valence-corrected chi connectivity index (χ4v) is 2.66. The first-order chi connectivity index (χ1) is 10.8. The molecule has 9 heteroatoms.